The number of hydrogen-bond donors (Lipinski definition) is 0. The smallest absolute Gasteiger partial charge is 0.159 e. The van der Waals surface area contributed by atoms with Crippen LogP contribution in [0.3, 0.4) is 0 Å². The van der Waals surface area contributed by atoms with E-state index in [1.807, 2.05) is 82.6 Å². The molecule has 0 atom stereocenters. The predicted molar refractivity (Wildman–Crippen MR) is 298 cm³/mol. The van der Waals surface area contributed by atoms with E-state index < -0.39 is 34.1 Å². The third-order valence-electron chi connectivity index (χ3n) is 16.3. The van der Waals surface area contributed by atoms with Crippen molar-refractivity contribution in [2.24, 2.45) is 0 Å². The molecule has 0 aliphatic heterocycles. The first-order valence-electron chi connectivity index (χ1n) is 25.9. The number of fused-ring (bicyclic) bond motifs is 15. The van der Waals surface area contributed by atoms with Crippen molar-refractivity contribution in [1.29, 1.82) is 0 Å². The third-order valence-corrected chi connectivity index (χ3v) is 16.3. The van der Waals surface area contributed by atoms with Crippen molar-refractivity contribution in [1.82, 2.24) is 0 Å². The molecule has 0 amide bonds. The first-order chi connectivity index (χ1) is 37.0. The Balaban J connectivity index is 1.07. The average molecular weight is 1000 g/mol. The van der Waals surface area contributed by atoms with Gasteiger partial charge < -0.3 is 18.6 Å². The molecular formula is C68H48F4N2O2. The Hall–Kier alpha value is -8.88. The molecule has 0 saturated carbocycles. The summed E-state index contributed by atoms with van der Waals surface area (Å²) >= 11 is 0. The third kappa shape index (κ3) is 6.49. The summed E-state index contributed by atoms with van der Waals surface area (Å²) in [4.78, 5) is 3.79. The van der Waals surface area contributed by atoms with Crippen LogP contribution in [0.2, 0.25) is 0 Å². The monoisotopic (exact) mass is 1000 g/mol. The van der Waals surface area contributed by atoms with Gasteiger partial charge in [-0.25, -0.2) is 17.6 Å². The van der Waals surface area contributed by atoms with E-state index in [-0.39, 0.29) is 11.4 Å². The van der Waals surface area contributed by atoms with Crippen LogP contribution in [0.25, 0.3) is 55.0 Å². The fourth-order valence-electron chi connectivity index (χ4n) is 13.0. The Labute approximate surface area is 436 Å². The second kappa shape index (κ2) is 16.8. The number of halogens is 4. The number of rotatable bonds is 8. The van der Waals surface area contributed by atoms with E-state index in [4.69, 9.17) is 8.83 Å². The lowest BCUT2D eigenvalue weighted by atomic mass is 9.55. The van der Waals surface area contributed by atoms with Crippen LogP contribution in [-0.2, 0) is 23.7 Å². The van der Waals surface area contributed by atoms with E-state index in [0.29, 0.717) is 33.9 Å². The van der Waals surface area contributed by atoms with Crippen molar-refractivity contribution in [3.8, 4) is 11.1 Å². The minimum absolute atomic E-state index is 0.280. The van der Waals surface area contributed by atoms with Gasteiger partial charge in [0.2, 0.25) is 0 Å². The molecular weight excluding hydrogens is 953 g/mol. The van der Waals surface area contributed by atoms with Crippen molar-refractivity contribution in [2.45, 2.75) is 51.4 Å². The maximum atomic E-state index is 15.7. The van der Waals surface area contributed by atoms with Crippen LogP contribution in [0, 0.1) is 23.3 Å². The summed E-state index contributed by atoms with van der Waals surface area (Å²) in [6.07, 6.45) is 1.51. The summed E-state index contributed by atoms with van der Waals surface area (Å²) in [6.45, 7) is 8.71. The maximum Gasteiger partial charge on any atom is 0.159 e. The molecule has 0 fully saturated rings. The summed E-state index contributed by atoms with van der Waals surface area (Å²) in [5.41, 5.74) is 14.7. The van der Waals surface area contributed by atoms with Gasteiger partial charge in [-0.1, -0.05) is 149 Å². The average Bonchev–Trinajstić information content (AvgIpc) is 4.29. The van der Waals surface area contributed by atoms with E-state index in [9.17, 15) is 0 Å². The molecule has 76 heavy (non-hydrogen) atoms. The fourth-order valence-corrected chi connectivity index (χ4v) is 13.0. The lowest BCUT2D eigenvalue weighted by molar-refractivity contribution is 0.563. The second-order valence-electron chi connectivity index (χ2n) is 20.7. The van der Waals surface area contributed by atoms with Crippen molar-refractivity contribution in [3.05, 3.63) is 262 Å². The highest BCUT2D eigenvalue weighted by Crippen LogP contribution is 2.64. The Kier molecular flexibility index (Phi) is 10.1. The molecule has 2 aliphatic rings. The highest BCUT2D eigenvalue weighted by Gasteiger charge is 2.54. The molecule has 0 saturated heterocycles. The van der Waals surface area contributed by atoms with Gasteiger partial charge in [0.1, 0.15) is 34.4 Å². The molecule has 0 unspecified atom stereocenters. The molecule has 0 N–H and O–H groups in total. The van der Waals surface area contributed by atoms with Crippen LogP contribution in [0.5, 0.6) is 0 Å². The number of anilines is 6. The van der Waals surface area contributed by atoms with Gasteiger partial charge in [0, 0.05) is 50.5 Å². The summed E-state index contributed by atoms with van der Waals surface area (Å²) in [5, 5.41) is 3.67. The first-order valence-corrected chi connectivity index (χ1v) is 25.9. The quantitative estimate of drug-likeness (QED) is 0.142. The van der Waals surface area contributed by atoms with Crippen molar-refractivity contribution < 1.29 is 26.4 Å². The van der Waals surface area contributed by atoms with E-state index in [1.165, 1.54) is 24.3 Å². The van der Waals surface area contributed by atoms with Crippen LogP contribution in [0.1, 0.15) is 72.2 Å². The zero-order valence-corrected chi connectivity index (χ0v) is 42.1. The zero-order valence-electron chi connectivity index (χ0n) is 42.1. The van der Waals surface area contributed by atoms with Gasteiger partial charge in [-0.3, -0.25) is 0 Å². The highest BCUT2D eigenvalue weighted by atomic mass is 19.1. The number of benzene rings is 10. The van der Waals surface area contributed by atoms with Crippen molar-refractivity contribution in [3.63, 3.8) is 0 Å². The number of hydrogen-bond acceptors (Lipinski definition) is 4. The van der Waals surface area contributed by atoms with Crippen LogP contribution < -0.4 is 9.80 Å². The van der Waals surface area contributed by atoms with E-state index in [0.717, 1.165) is 113 Å². The number of nitrogens with zero attached hydrogens (tertiary/aromatic N) is 2. The Morgan fingerprint density at radius 1 is 0.355 bits per heavy atom. The lowest BCUT2D eigenvalue weighted by Gasteiger charge is -2.47. The summed E-state index contributed by atoms with van der Waals surface area (Å²) < 4.78 is 76.6. The van der Waals surface area contributed by atoms with Crippen molar-refractivity contribution >= 4 is 78.0 Å². The van der Waals surface area contributed by atoms with E-state index in [2.05, 4.69) is 113 Å². The molecule has 2 aromatic heterocycles. The van der Waals surface area contributed by atoms with Gasteiger partial charge in [0.05, 0.1) is 28.2 Å². The first kappa shape index (κ1) is 45.7. The Morgan fingerprint density at radius 2 is 0.724 bits per heavy atom. The lowest BCUT2D eigenvalue weighted by Crippen LogP contribution is -2.40. The molecule has 2 aliphatic carbocycles. The number of para-hydroxylation sites is 4. The normalized spacial score (nSPS) is 13.8. The standard InChI is InChI=1S/C68H48F4N2O2/c1-5-39-15-11-17-51-53-19-13-25-61(65(53)75-63(39)51)73(47-33-41(69)31-42(70)34-47)45-27-29-49-50-30-28-46(38-60(50)68(59(49)37-45)57-23-9-7-21-55(57)67(3,4)56-22-8-10-24-58(56)68)74(48-35-43(71)32-44(72)36-48)62-26-14-20-54-52-18-12-16-40(6-2)64(52)76-66(54)62/h7-38H,5-6H2,1-4H3. The fraction of sp³-hybridized carbons (Fsp3) is 0.118. The van der Waals surface area contributed by atoms with Crippen LogP contribution in [0.15, 0.2) is 203 Å². The van der Waals surface area contributed by atoms with Gasteiger partial charge in [-0.05, 0) is 129 Å². The van der Waals surface area contributed by atoms with E-state index >= 15 is 17.6 Å². The molecule has 2 heterocycles. The molecule has 0 radical (unpaired) electrons. The summed E-state index contributed by atoms with van der Waals surface area (Å²) in [7, 11) is 0. The van der Waals surface area contributed by atoms with Gasteiger partial charge in [0.15, 0.2) is 11.2 Å². The van der Waals surface area contributed by atoms with Crippen LogP contribution in [-0.4, -0.2) is 0 Å². The minimum atomic E-state index is -1.00. The van der Waals surface area contributed by atoms with Gasteiger partial charge in [0.25, 0.3) is 0 Å². The van der Waals surface area contributed by atoms with Crippen LogP contribution >= 0.6 is 0 Å². The molecule has 4 nitrogen and oxygen atoms in total. The topological polar surface area (TPSA) is 32.8 Å². The number of furan rings is 2. The Bertz CT molecular complexity index is 4080. The van der Waals surface area contributed by atoms with Gasteiger partial charge >= 0.3 is 0 Å². The second-order valence-corrected chi connectivity index (χ2v) is 20.7. The molecule has 370 valence electrons. The van der Waals surface area contributed by atoms with Crippen LogP contribution in [0.4, 0.5) is 51.7 Å². The summed E-state index contributed by atoms with van der Waals surface area (Å²) in [6, 6.07) is 61.1. The van der Waals surface area contributed by atoms with Gasteiger partial charge in [-0.2, -0.15) is 0 Å². The van der Waals surface area contributed by atoms with E-state index in [1.54, 1.807) is 0 Å². The highest BCUT2D eigenvalue weighted by molar-refractivity contribution is 6.12. The molecule has 10 aromatic carbocycles. The number of aryl methyl sites for hydroxylation is 2. The SMILES string of the molecule is CCc1cccc2c1oc1c(N(c3cc(F)cc(F)c3)c3ccc4c(c3)C3(c5cc(N(c6cc(F)cc(F)c6)c6cccc7c6oc6c(CC)cccc67)ccc5-4)c4ccccc4C(C)(C)c4ccccc43)cccc12. The zero-order chi connectivity index (χ0) is 51.8. The molecule has 0 bridgehead atoms. The summed E-state index contributed by atoms with van der Waals surface area (Å²) in [5.74, 6) is -2.86. The largest absolute Gasteiger partial charge is 0.454 e. The predicted octanol–water partition coefficient (Wildman–Crippen LogP) is 19.1. The maximum absolute atomic E-state index is 15.7. The molecule has 8 heteroatoms. The molecule has 1 spiro atoms. The minimum Gasteiger partial charge on any atom is -0.454 e. The molecule has 14 rings (SSSR count). The molecule has 12 aromatic rings. The Morgan fingerprint density at radius 3 is 1.12 bits per heavy atom. The van der Waals surface area contributed by atoms with Gasteiger partial charge in [-0.15, -0.1) is 0 Å². The van der Waals surface area contributed by atoms with Crippen molar-refractivity contribution in [2.75, 3.05) is 9.80 Å².